The molecule has 4 aliphatic rings. The Morgan fingerprint density at radius 3 is 2.64 bits per heavy atom. The van der Waals surface area contributed by atoms with Crippen LogP contribution in [0.25, 0.3) is 11.6 Å². The topological polar surface area (TPSA) is 68.2 Å². The van der Waals surface area contributed by atoms with Gasteiger partial charge in [-0.3, -0.25) is 15.1 Å². The molecule has 1 unspecified atom stereocenters. The summed E-state index contributed by atoms with van der Waals surface area (Å²) in [5.41, 5.74) is 9.73. The molecule has 1 aromatic rings. The van der Waals surface area contributed by atoms with Gasteiger partial charge in [0.2, 0.25) is 0 Å². The summed E-state index contributed by atoms with van der Waals surface area (Å²) in [5, 5.41) is 14.5. The fourth-order valence-corrected chi connectivity index (χ4v) is 5.82. The molecule has 0 bridgehead atoms. The van der Waals surface area contributed by atoms with Gasteiger partial charge >= 0.3 is 5.97 Å². The summed E-state index contributed by atoms with van der Waals surface area (Å²) < 4.78 is 14.5. The first-order chi connectivity index (χ1) is 15.6. The Balaban J connectivity index is 1.48. The summed E-state index contributed by atoms with van der Waals surface area (Å²) in [6.07, 6.45) is 7.69. The van der Waals surface area contributed by atoms with Gasteiger partial charge in [-0.2, -0.15) is 5.10 Å². The van der Waals surface area contributed by atoms with E-state index in [0.29, 0.717) is 5.92 Å². The number of likely N-dealkylation sites (N-methyl/N-ethyl adjacent to an activating group) is 1. The second-order valence-electron chi connectivity index (χ2n) is 10.6. The fraction of sp³-hybridized carbons (Fsp3) is 0.462. The number of likely N-dealkylation sites (tertiary alicyclic amines) is 1. The SMILES string of the molecule is CN1C=C2C(=C(C3CCN(C(C(=O)O)C(C)(C)C)CC3)C1)NN=C1C=Cc3cc(F)cc2c31. The molecule has 0 amide bonds. The number of rotatable bonds is 3. The summed E-state index contributed by atoms with van der Waals surface area (Å²) in [6, 6.07) is 2.67. The van der Waals surface area contributed by atoms with Crippen molar-refractivity contribution in [2.75, 3.05) is 26.7 Å². The highest BCUT2D eigenvalue weighted by Crippen LogP contribution is 2.41. The lowest BCUT2D eigenvalue weighted by molar-refractivity contribution is -0.148. The molecule has 2 N–H and O–H groups in total. The average Bonchev–Trinajstić information content (AvgIpc) is 3.06. The van der Waals surface area contributed by atoms with Crippen molar-refractivity contribution in [2.45, 2.75) is 39.7 Å². The molecule has 0 saturated carbocycles. The molecular weight excluding hydrogens is 419 g/mol. The molecule has 7 heteroatoms. The smallest absolute Gasteiger partial charge is 0.321 e. The Kier molecular flexibility index (Phi) is 5.20. The molecule has 1 aliphatic carbocycles. The maximum Gasteiger partial charge on any atom is 0.321 e. The Morgan fingerprint density at radius 2 is 1.97 bits per heavy atom. The third kappa shape index (κ3) is 3.78. The minimum atomic E-state index is -0.755. The van der Waals surface area contributed by atoms with Crippen LogP contribution < -0.4 is 5.43 Å². The van der Waals surface area contributed by atoms with Gasteiger partial charge in [0, 0.05) is 30.9 Å². The number of hydrogen-bond donors (Lipinski definition) is 2. The van der Waals surface area contributed by atoms with E-state index >= 15 is 0 Å². The Morgan fingerprint density at radius 1 is 1.24 bits per heavy atom. The van der Waals surface area contributed by atoms with E-state index in [2.05, 4.69) is 26.5 Å². The zero-order chi connectivity index (χ0) is 23.5. The third-order valence-electron chi connectivity index (χ3n) is 7.19. The monoisotopic (exact) mass is 450 g/mol. The summed E-state index contributed by atoms with van der Waals surface area (Å²) in [4.78, 5) is 16.2. The number of carboxylic acids is 1. The minimum absolute atomic E-state index is 0.248. The molecule has 0 spiro atoms. The van der Waals surface area contributed by atoms with Crippen LogP contribution in [-0.2, 0) is 4.79 Å². The molecule has 0 radical (unpaired) electrons. The van der Waals surface area contributed by atoms with Crippen molar-refractivity contribution in [3.8, 4) is 0 Å². The number of piperidine rings is 1. The lowest BCUT2D eigenvalue weighted by Gasteiger charge is -2.42. The predicted molar refractivity (Wildman–Crippen MR) is 128 cm³/mol. The van der Waals surface area contributed by atoms with Gasteiger partial charge < -0.3 is 10.0 Å². The van der Waals surface area contributed by atoms with Gasteiger partial charge in [0.1, 0.15) is 11.9 Å². The molecule has 5 rings (SSSR count). The van der Waals surface area contributed by atoms with E-state index in [4.69, 9.17) is 0 Å². The first-order valence-corrected chi connectivity index (χ1v) is 11.6. The minimum Gasteiger partial charge on any atom is -0.480 e. The largest absolute Gasteiger partial charge is 0.480 e. The predicted octanol–water partition coefficient (Wildman–Crippen LogP) is 3.91. The van der Waals surface area contributed by atoms with Crippen molar-refractivity contribution in [1.29, 1.82) is 0 Å². The molecule has 6 nitrogen and oxygen atoms in total. The zero-order valence-corrected chi connectivity index (χ0v) is 19.7. The molecule has 33 heavy (non-hydrogen) atoms. The van der Waals surface area contributed by atoms with Crippen LogP contribution >= 0.6 is 0 Å². The molecule has 3 aliphatic heterocycles. The number of halogens is 1. The summed E-state index contributed by atoms with van der Waals surface area (Å²) in [7, 11) is 2.05. The lowest BCUT2D eigenvalue weighted by Crippen LogP contribution is -2.52. The van der Waals surface area contributed by atoms with Gasteiger partial charge in [0.15, 0.2) is 0 Å². The van der Waals surface area contributed by atoms with Crippen molar-refractivity contribution >= 4 is 23.3 Å². The Hall–Kier alpha value is -2.93. The number of carboxylic acid groups (broad SMARTS) is 1. The standard InChI is InChI=1S/C26H31FN4O2/c1-26(2,3)24(25(32)33)31-9-7-15(8-10-31)19-13-30(4)14-20-18-12-17(27)11-16-5-6-21(22(16)18)28-29-23(19)20/h5-6,11-12,14-15,24,29H,7-10,13H2,1-4H3,(H,32,33). The van der Waals surface area contributed by atoms with Crippen LogP contribution in [0.2, 0.25) is 0 Å². The first-order valence-electron chi connectivity index (χ1n) is 11.6. The summed E-state index contributed by atoms with van der Waals surface area (Å²) in [6.45, 7) is 8.23. The van der Waals surface area contributed by atoms with Crippen LogP contribution in [0.1, 0.15) is 50.3 Å². The van der Waals surface area contributed by atoms with E-state index in [1.54, 1.807) is 12.1 Å². The second kappa shape index (κ2) is 7.83. The van der Waals surface area contributed by atoms with Crippen LogP contribution in [0.5, 0.6) is 0 Å². The second-order valence-corrected chi connectivity index (χ2v) is 10.6. The molecule has 1 aromatic carbocycles. The highest BCUT2D eigenvalue weighted by Gasteiger charge is 2.39. The zero-order valence-electron chi connectivity index (χ0n) is 19.7. The lowest BCUT2D eigenvalue weighted by atomic mass is 9.80. The Bertz CT molecular complexity index is 1130. The van der Waals surface area contributed by atoms with Gasteiger partial charge in [0.05, 0.1) is 11.4 Å². The summed E-state index contributed by atoms with van der Waals surface area (Å²) in [5.74, 6) is -0.687. The van der Waals surface area contributed by atoms with Crippen LogP contribution in [0.4, 0.5) is 4.39 Å². The summed E-state index contributed by atoms with van der Waals surface area (Å²) >= 11 is 0. The molecule has 1 atom stereocenters. The number of carbonyl (C=O) groups is 1. The highest BCUT2D eigenvalue weighted by molar-refractivity contribution is 6.20. The number of hydrogen-bond acceptors (Lipinski definition) is 5. The average molecular weight is 451 g/mol. The molecule has 0 aromatic heterocycles. The maximum atomic E-state index is 14.5. The molecule has 1 saturated heterocycles. The number of nitrogens with zero attached hydrogens (tertiary/aromatic N) is 3. The quantitative estimate of drug-likeness (QED) is 0.731. The maximum absolute atomic E-state index is 14.5. The van der Waals surface area contributed by atoms with E-state index in [9.17, 15) is 14.3 Å². The van der Waals surface area contributed by atoms with Crippen LogP contribution in [0, 0.1) is 17.2 Å². The molecular formula is C26H31FN4O2. The number of allylic oxidation sites excluding steroid dienone is 2. The first kappa shape index (κ1) is 21.9. The number of benzene rings is 1. The van der Waals surface area contributed by atoms with E-state index < -0.39 is 12.0 Å². The van der Waals surface area contributed by atoms with Gasteiger partial charge in [-0.15, -0.1) is 0 Å². The number of fused-ring (bicyclic) bond motifs is 2. The highest BCUT2D eigenvalue weighted by atomic mass is 19.1. The van der Waals surface area contributed by atoms with Gasteiger partial charge in [0.25, 0.3) is 0 Å². The third-order valence-corrected chi connectivity index (χ3v) is 7.19. The van der Waals surface area contributed by atoms with E-state index in [-0.39, 0.29) is 11.2 Å². The van der Waals surface area contributed by atoms with E-state index in [1.807, 2.05) is 40.0 Å². The van der Waals surface area contributed by atoms with Crippen molar-refractivity contribution in [1.82, 2.24) is 15.2 Å². The van der Waals surface area contributed by atoms with Crippen molar-refractivity contribution in [3.63, 3.8) is 0 Å². The van der Waals surface area contributed by atoms with E-state index in [1.165, 1.54) is 5.57 Å². The van der Waals surface area contributed by atoms with Crippen molar-refractivity contribution in [2.24, 2.45) is 16.4 Å². The Labute approximate surface area is 194 Å². The van der Waals surface area contributed by atoms with Crippen LogP contribution in [0.15, 0.2) is 40.8 Å². The fourth-order valence-electron chi connectivity index (χ4n) is 5.82. The normalized spacial score (nSPS) is 21.7. The number of aliphatic carboxylic acids is 1. The van der Waals surface area contributed by atoms with Gasteiger partial charge in [-0.05, 0) is 72.2 Å². The molecule has 1 fully saturated rings. The van der Waals surface area contributed by atoms with Gasteiger partial charge in [-0.1, -0.05) is 26.8 Å². The van der Waals surface area contributed by atoms with Crippen molar-refractivity contribution in [3.05, 3.63) is 58.2 Å². The van der Waals surface area contributed by atoms with Crippen LogP contribution in [0.3, 0.4) is 0 Å². The van der Waals surface area contributed by atoms with Crippen LogP contribution in [-0.4, -0.2) is 59.3 Å². The van der Waals surface area contributed by atoms with Gasteiger partial charge in [-0.25, -0.2) is 4.39 Å². The number of nitrogens with one attached hydrogen (secondary N) is 1. The molecule has 174 valence electrons. The van der Waals surface area contributed by atoms with E-state index in [0.717, 1.165) is 66.1 Å². The number of hydrazone groups is 1. The molecule has 3 heterocycles. The van der Waals surface area contributed by atoms with Crippen molar-refractivity contribution < 1.29 is 14.3 Å².